The first-order chi connectivity index (χ1) is 21.4. The topological polar surface area (TPSA) is 86.1 Å². The lowest BCUT2D eigenvalue weighted by atomic mass is 9.98. The van der Waals surface area contributed by atoms with Crippen molar-refractivity contribution in [2.45, 2.75) is 19.1 Å². The molecular formula is C34H36N4O5S. The van der Waals surface area contributed by atoms with Gasteiger partial charge < -0.3 is 19.1 Å². The number of ether oxygens (including phenoxy) is 3. The Bertz CT molecular complexity index is 1680. The van der Waals surface area contributed by atoms with Gasteiger partial charge >= 0.3 is 0 Å². The second-order valence-electron chi connectivity index (χ2n) is 10.9. The number of carbonyl (C=O) groups is 2. The second-order valence-corrected chi connectivity index (χ2v) is 11.9. The zero-order valence-electron chi connectivity index (χ0n) is 25.4. The number of aromatic nitrogens is 2. The Labute approximate surface area is 261 Å². The number of carbonyl (C=O) groups excluding carboxylic acids is 2. The number of hydrogen-bond donors (Lipinski definition) is 0. The summed E-state index contributed by atoms with van der Waals surface area (Å²) < 4.78 is 18.8. The summed E-state index contributed by atoms with van der Waals surface area (Å²) in [4.78, 5) is 31.3. The lowest BCUT2D eigenvalue weighted by molar-refractivity contribution is -0.134. The van der Waals surface area contributed by atoms with Crippen molar-refractivity contribution in [2.24, 2.45) is 0 Å². The molecule has 6 rings (SSSR count). The summed E-state index contributed by atoms with van der Waals surface area (Å²) >= 11 is 1.50. The molecule has 44 heavy (non-hydrogen) atoms. The first kappa shape index (κ1) is 29.8. The van der Waals surface area contributed by atoms with Crippen molar-refractivity contribution in [1.29, 1.82) is 0 Å². The summed E-state index contributed by atoms with van der Waals surface area (Å²) in [6, 6.07) is 21.8. The molecule has 0 spiro atoms. The van der Waals surface area contributed by atoms with Gasteiger partial charge in [-0.05, 0) is 49.2 Å². The van der Waals surface area contributed by atoms with Gasteiger partial charge in [0.05, 0.1) is 49.8 Å². The number of aryl methyl sites for hydroxylation is 1. The maximum absolute atomic E-state index is 14.1. The highest BCUT2D eigenvalue weighted by atomic mass is 32.2. The minimum atomic E-state index is -0.350. The summed E-state index contributed by atoms with van der Waals surface area (Å²) in [6.45, 7) is 5.98. The molecule has 1 atom stereocenters. The normalized spacial score (nSPS) is 16.8. The predicted octanol–water partition coefficient (Wildman–Crippen LogP) is 5.20. The van der Waals surface area contributed by atoms with E-state index in [0.29, 0.717) is 43.6 Å². The van der Waals surface area contributed by atoms with Crippen molar-refractivity contribution >= 4 is 29.4 Å². The largest absolute Gasteiger partial charge is 0.497 e. The molecule has 2 aliphatic rings. The van der Waals surface area contributed by atoms with E-state index in [1.807, 2.05) is 65.3 Å². The van der Waals surface area contributed by atoms with Crippen molar-refractivity contribution in [3.8, 4) is 28.4 Å². The van der Waals surface area contributed by atoms with Crippen molar-refractivity contribution in [3.05, 3.63) is 89.0 Å². The Morgan fingerprint density at radius 1 is 1.00 bits per heavy atom. The van der Waals surface area contributed by atoms with Crippen LogP contribution < -0.4 is 14.4 Å². The highest BCUT2D eigenvalue weighted by molar-refractivity contribution is 8.00. The molecule has 3 heterocycles. The van der Waals surface area contributed by atoms with Gasteiger partial charge in [0.1, 0.15) is 23.9 Å². The van der Waals surface area contributed by atoms with Crippen LogP contribution in [0.4, 0.5) is 5.82 Å². The van der Waals surface area contributed by atoms with Crippen molar-refractivity contribution in [3.63, 3.8) is 0 Å². The SMILES string of the molecule is COc1ccc(OC)c([C@H]2SCC(=O)N(CC(=O)N3CCOCC3)c3c2c(-c2ccccc2)nn3-c2cccc(C)c2C)c1. The number of morpholine rings is 1. The number of rotatable bonds is 7. The van der Waals surface area contributed by atoms with Crippen LogP contribution in [0, 0.1) is 13.8 Å². The van der Waals surface area contributed by atoms with Gasteiger partial charge in [0.25, 0.3) is 0 Å². The Balaban J connectivity index is 1.64. The number of amides is 2. The molecule has 1 saturated heterocycles. The summed E-state index contributed by atoms with van der Waals surface area (Å²) in [5.74, 6) is 1.83. The van der Waals surface area contributed by atoms with Crippen LogP contribution in [-0.4, -0.2) is 79.3 Å². The van der Waals surface area contributed by atoms with Gasteiger partial charge in [0, 0.05) is 29.8 Å². The van der Waals surface area contributed by atoms with Gasteiger partial charge in [-0.2, -0.15) is 5.10 Å². The number of benzene rings is 3. The lowest BCUT2D eigenvalue weighted by Crippen LogP contribution is -2.48. The van der Waals surface area contributed by atoms with Crippen molar-refractivity contribution in [2.75, 3.05) is 57.7 Å². The van der Waals surface area contributed by atoms with E-state index in [-0.39, 0.29) is 29.4 Å². The van der Waals surface area contributed by atoms with Crippen LogP contribution in [0.1, 0.15) is 27.5 Å². The van der Waals surface area contributed by atoms with Crippen LogP contribution in [0.5, 0.6) is 11.5 Å². The average Bonchev–Trinajstić information content (AvgIpc) is 3.38. The van der Waals surface area contributed by atoms with Crippen LogP contribution >= 0.6 is 11.8 Å². The molecule has 1 fully saturated rings. The molecule has 10 heteroatoms. The van der Waals surface area contributed by atoms with E-state index >= 15 is 0 Å². The second kappa shape index (κ2) is 12.8. The molecular weight excluding hydrogens is 576 g/mol. The molecule has 228 valence electrons. The maximum atomic E-state index is 14.1. The fourth-order valence-corrected chi connectivity index (χ4v) is 7.01. The fourth-order valence-electron chi connectivity index (χ4n) is 5.80. The summed E-state index contributed by atoms with van der Waals surface area (Å²) in [5, 5.41) is 4.90. The third kappa shape index (κ3) is 5.55. The zero-order chi connectivity index (χ0) is 30.8. The third-order valence-corrected chi connectivity index (χ3v) is 9.55. The van der Waals surface area contributed by atoms with Gasteiger partial charge in [-0.15, -0.1) is 11.8 Å². The van der Waals surface area contributed by atoms with Crippen molar-refractivity contribution in [1.82, 2.24) is 14.7 Å². The van der Waals surface area contributed by atoms with E-state index in [0.717, 1.165) is 39.2 Å². The van der Waals surface area contributed by atoms with E-state index in [1.165, 1.54) is 11.8 Å². The number of nitrogens with zero attached hydrogens (tertiary/aromatic N) is 4. The fraction of sp³-hybridized carbons (Fsp3) is 0.324. The minimum absolute atomic E-state index is 0.0981. The summed E-state index contributed by atoms with van der Waals surface area (Å²) in [6.07, 6.45) is 0. The highest BCUT2D eigenvalue weighted by Crippen LogP contribution is 2.51. The molecule has 0 radical (unpaired) electrons. The van der Waals surface area contributed by atoms with Crippen LogP contribution in [0.25, 0.3) is 16.9 Å². The first-order valence-corrected chi connectivity index (χ1v) is 15.7. The number of anilines is 1. The molecule has 0 saturated carbocycles. The Morgan fingerprint density at radius 2 is 1.77 bits per heavy atom. The Morgan fingerprint density at radius 3 is 2.50 bits per heavy atom. The monoisotopic (exact) mass is 612 g/mol. The van der Waals surface area contributed by atoms with E-state index in [4.69, 9.17) is 19.3 Å². The van der Waals surface area contributed by atoms with Gasteiger partial charge in [-0.1, -0.05) is 42.5 Å². The van der Waals surface area contributed by atoms with Crippen LogP contribution in [0.15, 0.2) is 66.7 Å². The highest BCUT2D eigenvalue weighted by Gasteiger charge is 2.39. The molecule has 4 aromatic rings. The van der Waals surface area contributed by atoms with E-state index in [9.17, 15) is 9.59 Å². The summed E-state index contributed by atoms with van der Waals surface area (Å²) in [7, 11) is 3.28. The quantitative estimate of drug-likeness (QED) is 0.284. The number of thioether (sulfide) groups is 1. The zero-order valence-corrected chi connectivity index (χ0v) is 26.2. The number of fused-ring (bicyclic) bond motifs is 1. The van der Waals surface area contributed by atoms with Gasteiger partial charge in [0.15, 0.2) is 0 Å². The van der Waals surface area contributed by atoms with Crippen LogP contribution in [0.3, 0.4) is 0 Å². The molecule has 0 aliphatic carbocycles. The molecule has 2 amide bonds. The average molecular weight is 613 g/mol. The molecule has 0 N–H and O–H groups in total. The molecule has 3 aromatic carbocycles. The summed E-state index contributed by atoms with van der Waals surface area (Å²) in [5.41, 5.74) is 6.35. The third-order valence-electron chi connectivity index (χ3n) is 8.32. The predicted molar refractivity (Wildman–Crippen MR) is 172 cm³/mol. The lowest BCUT2D eigenvalue weighted by Gasteiger charge is -2.30. The van der Waals surface area contributed by atoms with E-state index in [1.54, 1.807) is 24.0 Å². The maximum Gasteiger partial charge on any atom is 0.242 e. The smallest absolute Gasteiger partial charge is 0.242 e. The minimum Gasteiger partial charge on any atom is -0.497 e. The van der Waals surface area contributed by atoms with Gasteiger partial charge in [0.2, 0.25) is 11.8 Å². The van der Waals surface area contributed by atoms with E-state index in [2.05, 4.69) is 19.9 Å². The number of methoxy groups -OCH3 is 2. The Hall–Kier alpha value is -4.28. The van der Waals surface area contributed by atoms with Gasteiger partial charge in [-0.25, -0.2) is 4.68 Å². The molecule has 2 aliphatic heterocycles. The molecule has 1 aromatic heterocycles. The van der Waals surface area contributed by atoms with Crippen molar-refractivity contribution < 1.29 is 23.8 Å². The Kier molecular flexibility index (Phi) is 8.63. The van der Waals surface area contributed by atoms with E-state index < -0.39 is 0 Å². The standard InChI is InChI=1S/C34H36N4O5S/c1-22-9-8-12-27(23(22)2)38-34-31(32(35-38)24-10-6-5-7-11-24)33(26-19-25(41-3)13-14-28(26)42-4)44-21-30(40)37(34)20-29(39)36-15-17-43-18-16-36/h5-14,19,33H,15-18,20-21H2,1-4H3/t33-/m1/s1. The number of hydrogen-bond acceptors (Lipinski definition) is 7. The first-order valence-electron chi connectivity index (χ1n) is 14.7. The molecule has 9 nitrogen and oxygen atoms in total. The molecule has 0 unspecified atom stereocenters. The molecule has 0 bridgehead atoms. The van der Waals surface area contributed by atoms with Gasteiger partial charge in [-0.3, -0.25) is 14.5 Å². The van der Waals surface area contributed by atoms with Crippen LogP contribution in [0.2, 0.25) is 0 Å². The van der Waals surface area contributed by atoms with Crippen LogP contribution in [-0.2, 0) is 14.3 Å².